The third kappa shape index (κ3) is 5.56. The second-order valence-corrected chi connectivity index (χ2v) is 13.5. The molecule has 47 heavy (non-hydrogen) atoms. The van der Waals surface area contributed by atoms with Gasteiger partial charge in [0.15, 0.2) is 0 Å². The fourth-order valence-electron chi connectivity index (χ4n) is 8.06. The number of fused-ring (bicyclic) bond motifs is 3. The van der Waals surface area contributed by atoms with Gasteiger partial charge in [-0.05, 0) is 105 Å². The van der Waals surface area contributed by atoms with E-state index in [9.17, 15) is 0 Å². The molecule has 1 aliphatic carbocycles. The van der Waals surface area contributed by atoms with E-state index in [4.69, 9.17) is 14.8 Å². The molecule has 5 nitrogen and oxygen atoms in total. The molecule has 1 aliphatic rings. The van der Waals surface area contributed by atoms with E-state index in [1.54, 1.807) is 0 Å². The van der Waals surface area contributed by atoms with Crippen molar-refractivity contribution in [2.45, 2.75) is 80.1 Å². The van der Waals surface area contributed by atoms with Crippen LogP contribution in [-0.2, 0) is 19.3 Å². The molecular weight excluding hydrogens is 576 g/mol. The fraction of sp³-hybridized carbons (Fsp3) is 0.333. The molecule has 3 atom stereocenters. The van der Waals surface area contributed by atoms with Crippen molar-refractivity contribution >= 4 is 21.8 Å². The minimum Gasteiger partial charge on any atom is -0.457 e. The number of benzene rings is 3. The van der Waals surface area contributed by atoms with Crippen LogP contribution in [0.4, 0.5) is 0 Å². The Morgan fingerprint density at radius 3 is 2.36 bits per heavy atom. The van der Waals surface area contributed by atoms with Crippen LogP contribution in [0.1, 0.15) is 82.0 Å². The SMILES string of the molecule is CCc1cc(Oc2ccc3c4ccccc4n(-c4cc(C)ccn4)c3c2)cc(-n2nc(CC)c([C@@H]3C(C)=CC(C)C[C@@H]3C)c2CC)c1. The van der Waals surface area contributed by atoms with Gasteiger partial charge in [0.1, 0.15) is 17.3 Å². The lowest BCUT2D eigenvalue weighted by Gasteiger charge is -2.33. The molecule has 0 amide bonds. The van der Waals surface area contributed by atoms with E-state index in [0.29, 0.717) is 17.8 Å². The zero-order chi connectivity index (χ0) is 32.8. The van der Waals surface area contributed by atoms with Crippen LogP contribution in [0.2, 0.25) is 0 Å². The topological polar surface area (TPSA) is 44.9 Å². The Morgan fingerprint density at radius 2 is 1.62 bits per heavy atom. The second kappa shape index (κ2) is 12.5. The van der Waals surface area contributed by atoms with Crippen molar-refractivity contribution < 1.29 is 4.74 Å². The van der Waals surface area contributed by atoms with Crippen LogP contribution >= 0.6 is 0 Å². The van der Waals surface area contributed by atoms with Gasteiger partial charge in [0.05, 0.1) is 22.4 Å². The summed E-state index contributed by atoms with van der Waals surface area (Å²) in [6.45, 7) is 15.9. The standard InChI is InChI=1S/C42H46N4O/c1-8-30-22-31(46-37(10-3)42(36(9-2)44-46)41-28(6)19-27(5)20-29(41)7)24-33(23-30)47-32-15-16-35-34-13-11-12-14-38(34)45(39(35)25-32)40-21-26(4)17-18-43-40/h11-19,21-25,27,29,41H,8-10,20H2,1-7H3/t27?,29-,41+/m0/s1. The van der Waals surface area contributed by atoms with Crippen LogP contribution in [0.3, 0.4) is 0 Å². The van der Waals surface area contributed by atoms with Crippen molar-refractivity contribution in [1.29, 1.82) is 0 Å². The minimum absolute atomic E-state index is 0.413. The Bertz CT molecular complexity index is 2130. The molecule has 0 spiro atoms. The molecule has 240 valence electrons. The zero-order valence-electron chi connectivity index (χ0n) is 28.8. The molecule has 5 heteroatoms. The highest BCUT2D eigenvalue weighted by atomic mass is 16.5. The average Bonchev–Trinajstić information content (AvgIpc) is 3.59. The van der Waals surface area contributed by atoms with Gasteiger partial charge in [0.2, 0.25) is 0 Å². The fourth-order valence-corrected chi connectivity index (χ4v) is 8.06. The number of allylic oxidation sites excluding steroid dienone is 2. The third-order valence-corrected chi connectivity index (χ3v) is 10.0. The number of aryl methyl sites for hydroxylation is 3. The molecule has 0 fully saturated rings. The number of nitrogens with zero attached hydrogens (tertiary/aromatic N) is 4. The van der Waals surface area contributed by atoms with Crippen molar-refractivity contribution in [2.75, 3.05) is 0 Å². The highest BCUT2D eigenvalue weighted by Gasteiger charge is 2.32. The van der Waals surface area contributed by atoms with Gasteiger partial charge < -0.3 is 4.74 Å². The molecule has 0 saturated carbocycles. The molecule has 0 saturated heterocycles. The van der Waals surface area contributed by atoms with Crippen molar-refractivity contribution in [3.05, 3.63) is 119 Å². The van der Waals surface area contributed by atoms with Crippen molar-refractivity contribution in [3.63, 3.8) is 0 Å². The molecule has 1 unspecified atom stereocenters. The lowest BCUT2D eigenvalue weighted by Crippen LogP contribution is -2.21. The number of aromatic nitrogens is 4. The summed E-state index contributed by atoms with van der Waals surface area (Å²) in [6.07, 6.45) is 8.33. The summed E-state index contributed by atoms with van der Waals surface area (Å²) < 4.78 is 11.2. The van der Waals surface area contributed by atoms with E-state index < -0.39 is 0 Å². The minimum atomic E-state index is 0.413. The van der Waals surface area contributed by atoms with E-state index in [2.05, 4.69) is 131 Å². The number of ether oxygens (including phenoxy) is 1. The number of rotatable bonds is 8. The van der Waals surface area contributed by atoms with Crippen LogP contribution in [0.5, 0.6) is 11.5 Å². The predicted molar refractivity (Wildman–Crippen MR) is 195 cm³/mol. The van der Waals surface area contributed by atoms with E-state index in [0.717, 1.165) is 53.3 Å². The van der Waals surface area contributed by atoms with Crippen LogP contribution < -0.4 is 4.74 Å². The maximum Gasteiger partial charge on any atom is 0.137 e. The van der Waals surface area contributed by atoms with Crippen molar-refractivity contribution in [1.82, 2.24) is 19.3 Å². The van der Waals surface area contributed by atoms with Crippen molar-refractivity contribution in [2.24, 2.45) is 11.8 Å². The van der Waals surface area contributed by atoms with Gasteiger partial charge in [0, 0.05) is 46.3 Å². The Hall–Kier alpha value is -4.64. The number of pyridine rings is 1. The monoisotopic (exact) mass is 622 g/mol. The summed E-state index contributed by atoms with van der Waals surface area (Å²) >= 11 is 0. The van der Waals surface area contributed by atoms with Crippen LogP contribution in [-0.4, -0.2) is 19.3 Å². The highest BCUT2D eigenvalue weighted by molar-refractivity contribution is 6.09. The number of hydrogen-bond donors (Lipinski definition) is 0. The Morgan fingerprint density at radius 1 is 0.809 bits per heavy atom. The molecule has 0 aliphatic heterocycles. The molecule has 0 bridgehead atoms. The van der Waals surface area contributed by atoms with Crippen molar-refractivity contribution in [3.8, 4) is 23.0 Å². The normalized spacial score (nSPS) is 18.2. The van der Waals surface area contributed by atoms with E-state index >= 15 is 0 Å². The second-order valence-electron chi connectivity index (χ2n) is 13.5. The predicted octanol–water partition coefficient (Wildman–Crippen LogP) is 10.9. The number of para-hydroxylation sites is 1. The first-order chi connectivity index (χ1) is 22.8. The van der Waals surface area contributed by atoms with Gasteiger partial charge in [-0.2, -0.15) is 5.10 Å². The van der Waals surface area contributed by atoms with E-state index in [1.165, 1.54) is 50.8 Å². The Labute approximate surface area is 278 Å². The van der Waals surface area contributed by atoms with Crippen LogP contribution in [0, 0.1) is 18.8 Å². The molecular formula is C42H46N4O. The van der Waals surface area contributed by atoms with Gasteiger partial charge in [-0.15, -0.1) is 0 Å². The summed E-state index contributed by atoms with van der Waals surface area (Å²) in [5, 5.41) is 7.68. The summed E-state index contributed by atoms with van der Waals surface area (Å²) in [5.41, 5.74) is 11.1. The molecule has 7 rings (SSSR count). The van der Waals surface area contributed by atoms with Gasteiger partial charge in [0.25, 0.3) is 0 Å². The number of hydrogen-bond acceptors (Lipinski definition) is 3. The van der Waals surface area contributed by atoms with Gasteiger partial charge in [-0.1, -0.05) is 64.5 Å². The largest absolute Gasteiger partial charge is 0.457 e. The molecule has 0 radical (unpaired) electrons. The lowest BCUT2D eigenvalue weighted by atomic mass is 9.72. The third-order valence-electron chi connectivity index (χ3n) is 10.0. The van der Waals surface area contributed by atoms with Crippen LogP contribution in [0.15, 0.2) is 90.6 Å². The summed E-state index contributed by atoms with van der Waals surface area (Å²) in [4.78, 5) is 4.75. The van der Waals surface area contributed by atoms with Gasteiger partial charge >= 0.3 is 0 Å². The summed E-state index contributed by atoms with van der Waals surface area (Å²) in [7, 11) is 0. The Balaban J connectivity index is 1.32. The average molecular weight is 623 g/mol. The molecule has 3 aromatic carbocycles. The van der Waals surface area contributed by atoms with Gasteiger partial charge in [-0.25, -0.2) is 9.67 Å². The smallest absolute Gasteiger partial charge is 0.137 e. The quantitative estimate of drug-likeness (QED) is 0.159. The lowest BCUT2D eigenvalue weighted by molar-refractivity contribution is 0.389. The Kier molecular flexibility index (Phi) is 8.25. The first kappa shape index (κ1) is 31.0. The highest BCUT2D eigenvalue weighted by Crippen LogP contribution is 2.44. The zero-order valence-corrected chi connectivity index (χ0v) is 28.8. The summed E-state index contributed by atoms with van der Waals surface area (Å²) in [5.74, 6) is 4.15. The maximum atomic E-state index is 6.72. The summed E-state index contributed by atoms with van der Waals surface area (Å²) in [6, 6.07) is 25.7. The van der Waals surface area contributed by atoms with Crippen LogP contribution in [0.25, 0.3) is 33.3 Å². The molecule has 3 heterocycles. The maximum absolute atomic E-state index is 6.72. The first-order valence-corrected chi connectivity index (χ1v) is 17.4. The molecule has 3 aromatic heterocycles. The first-order valence-electron chi connectivity index (χ1n) is 17.4. The van der Waals surface area contributed by atoms with E-state index in [-0.39, 0.29) is 0 Å². The van der Waals surface area contributed by atoms with Gasteiger partial charge in [-0.3, -0.25) is 4.57 Å². The van der Waals surface area contributed by atoms with E-state index in [1.807, 2.05) is 12.3 Å². The molecule has 6 aromatic rings. The molecule has 0 N–H and O–H groups in total.